The van der Waals surface area contributed by atoms with E-state index in [0.29, 0.717) is 5.69 Å². The minimum absolute atomic E-state index is 0.193. The summed E-state index contributed by atoms with van der Waals surface area (Å²) in [7, 11) is 0. The third-order valence-corrected chi connectivity index (χ3v) is 4.78. The molecule has 0 aliphatic carbocycles. The number of carbonyl (C=O) groups excluding carboxylic acids is 3. The summed E-state index contributed by atoms with van der Waals surface area (Å²) < 4.78 is 5.91. The van der Waals surface area contributed by atoms with Crippen molar-refractivity contribution in [2.75, 3.05) is 11.4 Å². The summed E-state index contributed by atoms with van der Waals surface area (Å²) in [5.41, 5.74) is -0.344. The molecule has 2 fully saturated rings. The fraction of sp³-hybridized carbons (Fsp3) is 0.353. The second-order valence-corrected chi connectivity index (χ2v) is 6.16. The van der Waals surface area contributed by atoms with Gasteiger partial charge in [-0.1, -0.05) is 30.4 Å². The van der Waals surface area contributed by atoms with Crippen molar-refractivity contribution in [2.45, 2.75) is 18.6 Å². The van der Waals surface area contributed by atoms with Crippen molar-refractivity contribution in [1.29, 1.82) is 0 Å². The summed E-state index contributed by atoms with van der Waals surface area (Å²) in [5, 5.41) is 2.71. The summed E-state index contributed by atoms with van der Waals surface area (Å²) in [6.07, 6.45) is 3.23. The summed E-state index contributed by atoms with van der Waals surface area (Å²) in [6.45, 7) is 1.61. The fourth-order valence-electron chi connectivity index (χ4n) is 3.80. The zero-order valence-corrected chi connectivity index (χ0v) is 12.6. The lowest BCUT2D eigenvalue weighted by molar-refractivity contribution is -0.128. The number of benzene rings is 1. The SMILES string of the molecule is CC(=O)NC[C@@]12C=C[C@@H](O1)[C@H]1C(=O)N(c3ccccc3)C(=O)[C@@H]12. The molecule has 2 bridgehead atoms. The Bertz CT molecular complexity index is 729. The molecule has 4 atom stereocenters. The second kappa shape index (κ2) is 4.76. The number of imide groups is 1. The molecule has 6 heteroatoms. The number of hydrogen-bond donors (Lipinski definition) is 1. The monoisotopic (exact) mass is 312 g/mol. The maximum Gasteiger partial charge on any atom is 0.241 e. The molecule has 23 heavy (non-hydrogen) atoms. The van der Waals surface area contributed by atoms with Crippen LogP contribution in [0.1, 0.15) is 6.92 Å². The number of para-hydroxylation sites is 1. The predicted octanol–water partition coefficient (Wildman–Crippen LogP) is 0.636. The van der Waals surface area contributed by atoms with Gasteiger partial charge in [-0.15, -0.1) is 0 Å². The van der Waals surface area contributed by atoms with E-state index in [9.17, 15) is 14.4 Å². The molecule has 4 rings (SSSR count). The first-order chi connectivity index (χ1) is 11.0. The van der Waals surface area contributed by atoms with Crippen molar-refractivity contribution >= 4 is 23.4 Å². The van der Waals surface area contributed by atoms with E-state index in [0.717, 1.165) is 0 Å². The lowest BCUT2D eigenvalue weighted by atomic mass is 9.77. The van der Waals surface area contributed by atoms with Gasteiger partial charge in [0.05, 0.1) is 30.2 Å². The molecule has 1 aromatic carbocycles. The molecule has 3 heterocycles. The summed E-state index contributed by atoms with van der Waals surface area (Å²) in [5.74, 6) is -1.79. The Morgan fingerprint density at radius 2 is 2.00 bits per heavy atom. The van der Waals surface area contributed by atoms with Gasteiger partial charge in [0.1, 0.15) is 5.60 Å². The number of amides is 3. The normalized spacial score (nSPS) is 34.1. The number of nitrogens with zero attached hydrogens (tertiary/aromatic N) is 1. The number of carbonyl (C=O) groups is 3. The number of hydrogen-bond acceptors (Lipinski definition) is 4. The highest BCUT2D eigenvalue weighted by molar-refractivity contribution is 6.23. The fourth-order valence-corrected chi connectivity index (χ4v) is 3.80. The van der Waals surface area contributed by atoms with Crippen molar-refractivity contribution in [2.24, 2.45) is 11.8 Å². The number of rotatable bonds is 3. The molecule has 0 unspecified atom stereocenters. The zero-order chi connectivity index (χ0) is 16.2. The molecule has 3 amide bonds. The van der Waals surface area contributed by atoms with Crippen molar-refractivity contribution in [1.82, 2.24) is 5.32 Å². The van der Waals surface area contributed by atoms with Gasteiger partial charge in [-0.2, -0.15) is 0 Å². The van der Waals surface area contributed by atoms with Crippen LogP contribution in [-0.2, 0) is 19.1 Å². The van der Waals surface area contributed by atoms with E-state index in [1.54, 1.807) is 24.3 Å². The molecule has 1 aromatic rings. The van der Waals surface area contributed by atoms with Crippen LogP contribution in [-0.4, -0.2) is 36.0 Å². The second-order valence-electron chi connectivity index (χ2n) is 6.16. The first-order valence-electron chi connectivity index (χ1n) is 7.58. The smallest absolute Gasteiger partial charge is 0.241 e. The average Bonchev–Trinajstić information content (AvgIpc) is 3.17. The molecule has 118 valence electrons. The van der Waals surface area contributed by atoms with Crippen molar-refractivity contribution in [3.05, 3.63) is 42.5 Å². The first-order valence-corrected chi connectivity index (χ1v) is 7.58. The average molecular weight is 312 g/mol. The van der Waals surface area contributed by atoms with Gasteiger partial charge in [0.15, 0.2) is 0 Å². The Balaban J connectivity index is 1.70. The molecule has 0 spiro atoms. The van der Waals surface area contributed by atoms with Crippen molar-refractivity contribution in [3.63, 3.8) is 0 Å². The molecule has 0 radical (unpaired) electrons. The maximum absolute atomic E-state index is 12.9. The molecular weight excluding hydrogens is 296 g/mol. The van der Waals surface area contributed by atoms with Crippen LogP contribution in [0.5, 0.6) is 0 Å². The Kier molecular flexibility index (Phi) is 2.93. The number of ether oxygens (including phenoxy) is 1. The molecule has 0 aromatic heterocycles. The van der Waals surface area contributed by atoms with Gasteiger partial charge in [0.2, 0.25) is 17.7 Å². The first kappa shape index (κ1) is 14.1. The largest absolute Gasteiger partial charge is 0.360 e. The Labute approximate surface area is 133 Å². The topological polar surface area (TPSA) is 75.7 Å². The minimum atomic E-state index is -0.919. The van der Waals surface area contributed by atoms with Gasteiger partial charge >= 0.3 is 0 Å². The van der Waals surface area contributed by atoms with Crippen molar-refractivity contribution < 1.29 is 19.1 Å². The highest BCUT2D eigenvalue weighted by Gasteiger charge is 2.67. The molecule has 3 aliphatic heterocycles. The molecule has 6 nitrogen and oxygen atoms in total. The quantitative estimate of drug-likeness (QED) is 0.656. The van der Waals surface area contributed by atoms with Gasteiger partial charge < -0.3 is 10.1 Å². The van der Waals surface area contributed by atoms with E-state index < -0.39 is 23.5 Å². The predicted molar refractivity (Wildman–Crippen MR) is 81.3 cm³/mol. The zero-order valence-electron chi connectivity index (χ0n) is 12.6. The Morgan fingerprint density at radius 1 is 1.26 bits per heavy atom. The lowest BCUT2D eigenvalue weighted by Crippen LogP contribution is -2.48. The van der Waals surface area contributed by atoms with Crippen LogP contribution in [0.4, 0.5) is 5.69 Å². The lowest BCUT2D eigenvalue weighted by Gasteiger charge is -2.28. The van der Waals surface area contributed by atoms with Gasteiger partial charge in [0.25, 0.3) is 0 Å². The summed E-state index contributed by atoms with van der Waals surface area (Å²) in [6, 6.07) is 8.91. The van der Waals surface area contributed by atoms with E-state index in [1.807, 2.05) is 18.2 Å². The number of fused-ring (bicyclic) bond motifs is 5. The van der Waals surface area contributed by atoms with E-state index >= 15 is 0 Å². The van der Waals surface area contributed by atoms with Crippen LogP contribution in [0.2, 0.25) is 0 Å². The maximum atomic E-state index is 12.9. The molecular formula is C17H16N2O4. The summed E-state index contributed by atoms with van der Waals surface area (Å²) in [4.78, 5) is 38.2. The number of nitrogens with one attached hydrogen (secondary N) is 1. The van der Waals surface area contributed by atoms with Crippen LogP contribution in [0.25, 0.3) is 0 Å². The van der Waals surface area contributed by atoms with E-state index in [1.165, 1.54) is 11.8 Å². The molecule has 2 saturated heterocycles. The molecule has 1 N–H and O–H groups in total. The third kappa shape index (κ3) is 1.88. The highest BCUT2D eigenvalue weighted by Crippen LogP contribution is 2.52. The van der Waals surface area contributed by atoms with E-state index in [2.05, 4.69) is 5.32 Å². The Hall–Kier alpha value is -2.47. The van der Waals surface area contributed by atoms with Crippen LogP contribution in [0.3, 0.4) is 0 Å². The van der Waals surface area contributed by atoms with Crippen LogP contribution in [0.15, 0.2) is 42.5 Å². The minimum Gasteiger partial charge on any atom is -0.360 e. The van der Waals surface area contributed by atoms with Crippen LogP contribution < -0.4 is 10.2 Å². The van der Waals surface area contributed by atoms with Crippen molar-refractivity contribution in [3.8, 4) is 0 Å². The van der Waals surface area contributed by atoms with Gasteiger partial charge in [-0.25, -0.2) is 4.90 Å². The molecule has 3 aliphatic rings. The summed E-state index contributed by atoms with van der Waals surface area (Å²) >= 11 is 0. The van der Waals surface area contributed by atoms with Gasteiger partial charge in [-0.3, -0.25) is 14.4 Å². The van der Waals surface area contributed by atoms with Crippen LogP contribution in [0, 0.1) is 11.8 Å². The van der Waals surface area contributed by atoms with Gasteiger partial charge in [0, 0.05) is 6.92 Å². The van der Waals surface area contributed by atoms with Gasteiger partial charge in [-0.05, 0) is 12.1 Å². The Morgan fingerprint density at radius 3 is 2.70 bits per heavy atom. The van der Waals surface area contributed by atoms with E-state index in [-0.39, 0.29) is 24.3 Å². The highest BCUT2D eigenvalue weighted by atomic mass is 16.5. The third-order valence-electron chi connectivity index (χ3n) is 4.78. The molecule has 0 saturated carbocycles. The van der Waals surface area contributed by atoms with Crippen LogP contribution >= 0.6 is 0 Å². The standard InChI is InChI=1S/C17H16N2O4/c1-10(20)18-9-17-8-7-12(23-17)13-14(17)16(22)19(15(13)21)11-5-3-2-4-6-11/h2-8,12-14H,9H2,1H3,(H,18,20)/t12-,13-,14-,17-/m1/s1. The number of anilines is 1. The van der Waals surface area contributed by atoms with E-state index in [4.69, 9.17) is 4.74 Å².